The van der Waals surface area contributed by atoms with Gasteiger partial charge in [0.1, 0.15) is 0 Å². The second-order valence-electron chi connectivity index (χ2n) is 4.66. The average molecular weight is 271 g/mol. The summed E-state index contributed by atoms with van der Waals surface area (Å²) in [5.41, 5.74) is 1.44. The lowest BCUT2D eigenvalue weighted by Gasteiger charge is -2.23. The number of hydrogen-bond acceptors (Lipinski definition) is 4. The minimum absolute atomic E-state index is 0.0934. The molecule has 0 saturated carbocycles. The quantitative estimate of drug-likeness (QED) is 0.839. The van der Waals surface area contributed by atoms with E-state index in [0.717, 1.165) is 5.56 Å². The van der Waals surface area contributed by atoms with E-state index in [1.165, 1.54) is 6.20 Å². The fraction of sp³-hybridized carbons (Fsp3) is 0.214. The Labute approximate surface area is 115 Å². The molecule has 6 nitrogen and oxygen atoms in total. The van der Waals surface area contributed by atoms with Crippen LogP contribution in [0, 0.1) is 0 Å². The molecule has 0 fully saturated rings. The fourth-order valence-electron chi connectivity index (χ4n) is 2.26. The summed E-state index contributed by atoms with van der Waals surface area (Å²) in [7, 11) is 1.74. The third-order valence-corrected chi connectivity index (χ3v) is 3.18. The molecule has 1 aromatic heterocycles. The van der Waals surface area contributed by atoms with E-state index in [4.69, 9.17) is 4.74 Å². The number of ether oxygens (including phenoxy) is 1. The van der Waals surface area contributed by atoms with Crippen LogP contribution < -0.4 is 10.1 Å². The zero-order valence-corrected chi connectivity index (χ0v) is 10.9. The number of para-hydroxylation sites is 1. The maximum Gasteiger partial charge on any atom is 0.319 e. The van der Waals surface area contributed by atoms with Gasteiger partial charge in [0.15, 0.2) is 5.75 Å². The van der Waals surface area contributed by atoms with Crippen molar-refractivity contribution < 1.29 is 14.3 Å². The predicted octanol–water partition coefficient (Wildman–Crippen LogP) is 1.45. The van der Waals surface area contributed by atoms with E-state index in [1.807, 2.05) is 18.2 Å². The monoisotopic (exact) mass is 271 g/mol. The molecule has 1 aromatic carbocycles. The molecule has 0 aliphatic carbocycles. The van der Waals surface area contributed by atoms with Gasteiger partial charge in [-0.1, -0.05) is 18.2 Å². The van der Waals surface area contributed by atoms with Crippen LogP contribution in [-0.4, -0.2) is 21.7 Å². The number of nitrogens with one attached hydrogen (secondary N) is 1. The van der Waals surface area contributed by atoms with Crippen LogP contribution >= 0.6 is 0 Å². The van der Waals surface area contributed by atoms with E-state index in [-0.39, 0.29) is 12.3 Å². The largest absolute Gasteiger partial charge is 0.423 e. The molecular formula is C14H13N3O3. The zero-order chi connectivity index (χ0) is 14.1. The number of aryl methyl sites for hydroxylation is 1. The lowest BCUT2D eigenvalue weighted by molar-refractivity contribution is -0.138. The number of fused-ring (bicyclic) bond motifs is 1. The molecule has 0 saturated heterocycles. The van der Waals surface area contributed by atoms with Gasteiger partial charge in [-0.15, -0.1) is 0 Å². The molecule has 6 heteroatoms. The van der Waals surface area contributed by atoms with Crippen molar-refractivity contribution >= 4 is 17.6 Å². The molecule has 1 aliphatic rings. The molecule has 3 rings (SSSR count). The smallest absolute Gasteiger partial charge is 0.319 e. The van der Waals surface area contributed by atoms with Gasteiger partial charge < -0.3 is 10.1 Å². The fourth-order valence-corrected chi connectivity index (χ4v) is 2.26. The van der Waals surface area contributed by atoms with Gasteiger partial charge in [-0.25, -0.2) is 0 Å². The lowest BCUT2D eigenvalue weighted by Crippen LogP contribution is -2.29. The number of carbonyl (C=O) groups is 2. The van der Waals surface area contributed by atoms with Gasteiger partial charge in [0.25, 0.3) is 0 Å². The van der Waals surface area contributed by atoms with Gasteiger partial charge in [0.2, 0.25) is 5.91 Å². The third-order valence-electron chi connectivity index (χ3n) is 3.18. The average Bonchev–Trinajstić information content (AvgIpc) is 2.83. The molecule has 1 N–H and O–H groups in total. The number of carbonyl (C=O) groups excluding carboxylic acids is 2. The van der Waals surface area contributed by atoms with Crippen LogP contribution in [0.2, 0.25) is 0 Å². The first-order valence-corrected chi connectivity index (χ1v) is 6.22. The van der Waals surface area contributed by atoms with Crippen molar-refractivity contribution in [1.82, 2.24) is 9.78 Å². The van der Waals surface area contributed by atoms with Crippen molar-refractivity contribution in [2.24, 2.45) is 7.05 Å². The van der Waals surface area contributed by atoms with Crippen molar-refractivity contribution in [1.29, 1.82) is 0 Å². The van der Waals surface area contributed by atoms with Crippen LogP contribution in [0.4, 0.5) is 5.69 Å². The van der Waals surface area contributed by atoms with Crippen molar-refractivity contribution in [3.05, 3.63) is 42.2 Å². The molecule has 0 bridgehead atoms. The Hall–Kier alpha value is -2.63. The maximum atomic E-state index is 12.2. The summed E-state index contributed by atoms with van der Waals surface area (Å²) >= 11 is 0. The van der Waals surface area contributed by atoms with Crippen LogP contribution in [-0.2, 0) is 16.6 Å². The van der Waals surface area contributed by atoms with Crippen molar-refractivity contribution in [3.8, 4) is 5.75 Å². The van der Waals surface area contributed by atoms with Gasteiger partial charge in [0.05, 0.1) is 18.3 Å². The minimum atomic E-state index is -0.583. The molecule has 1 atom stereocenters. The van der Waals surface area contributed by atoms with Crippen LogP contribution in [0.1, 0.15) is 17.9 Å². The molecule has 0 radical (unpaired) electrons. The van der Waals surface area contributed by atoms with Gasteiger partial charge in [0, 0.05) is 19.2 Å². The number of anilines is 1. The minimum Gasteiger partial charge on any atom is -0.423 e. The number of nitrogens with zero attached hydrogens (tertiary/aromatic N) is 2. The highest BCUT2D eigenvalue weighted by atomic mass is 16.5. The number of hydrogen-bond donors (Lipinski definition) is 1. The number of rotatable bonds is 2. The molecule has 2 heterocycles. The summed E-state index contributed by atoms with van der Waals surface area (Å²) < 4.78 is 6.82. The summed E-state index contributed by atoms with van der Waals surface area (Å²) in [6.07, 6.45) is 3.16. The summed E-state index contributed by atoms with van der Waals surface area (Å²) in [4.78, 5) is 23.9. The molecule has 1 amide bonds. The standard InChI is InChI=1S/C14H13N3O3/c1-17-8-9(7-15-17)20-14(19)11-6-13(18)16-12-5-3-2-4-10(11)12/h2-5,7-8,11H,6H2,1H3,(H,16,18). The predicted molar refractivity (Wildman–Crippen MR) is 71.3 cm³/mol. The highest BCUT2D eigenvalue weighted by Crippen LogP contribution is 2.33. The molecule has 1 unspecified atom stereocenters. The lowest BCUT2D eigenvalue weighted by atomic mass is 9.91. The number of esters is 1. The number of aromatic nitrogens is 2. The Morgan fingerprint density at radius 3 is 3.00 bits per heavy atom. The van der Waals surface area contributed by atoms with E-state index < -0.39 is 11.9 Å². The molecule has 1 aliphatic heterocycles. The van der Waals surface area contributed by atoms with Crippen molar-refractivity contribution in [2.75, 3.05) is 5.32 Å². The van der Waals surface area contributed by atoms with Crippen molar-refractivity contribution in [3.63, 3.8) is 0 Å². The normalized spacial score (nSPS) is 17.2. The molecular weight excluding hydrogens is 258 g/mol. The first-order valence-electron chi connectivity index (χ1n) is 6.22. The highest BCUT2D eigenvalue weighted by Gasteiger charge is 2.32. The van der Waals surface area contributed by atoms with Crippen LogP contribution in [0.15, 0.2) is 36.7 Å². The Bertz CT molecular complexity index is 678. The summed E-state index contributed by atoms with van der Waals surface area (Å²) in [5.74, 6) is -0.835. The molecule has 20 heavy (non-hydrogen) atoms. The second kappa shape index (κ2) is 4.80. The summed E-state index contributed by atoms with van der Waals surface area (Å²) in [6.45, 7) is 0. The zero-order valence-electron chi connectivity index (χ0n) is 10.9. The first-order chi connectivity index (χ1) is 9.63. The third kappa shape index (κ3) is 2.27. The Morgan fingerprint density at radius 2 is 2.25 bits per heavy atom. The molecule has 0 spiro atoms. The van der Waals surface area contributed by atoms with Crippen LogP contribution in [0.25, 0.3) is 0 Å². The SMILES string of the molecule is Cn1cc(OC(=O)C2CC(=O)Nc3ccccc32)cn1. The molecule has 2 aromatic rings. The van der Waals surface area contributed by atoms with Gasteiger partial charge in [-0.05, 0) is 11.6 Å². The van der Waals surface area contributed by atoms with Gasteiger partial charge >= 0.3 is 5.97 Å². The topological polar surface area (TPSA) is 73.2 Å². The highest BCUT2D eigenvalue weighted by molar-refractivity contribution is 6.00. The maximum absolute atomic E-state index is 12.2. The summed E-state index contributed by atoms with van der Waals surface area (Å²) in [5, 5.41) is 6.68. The van der Waals surface area contributed by atoms with E-state index in [0.29, 0.717) is 11.4 Å². The Kier molecular flexibility index (Phi) is 2.98. The number of amides is 1. The summed E-state index contributed by atoms with van der Waals surface area (Å²) in [6, 6.07) is 7.25. The Balaban J connectivity index is 1.86. The van der Waals surface area contributed by atoms with E-state index >= 15 is 0 Å². The van der Waals surface area contributed by atoms with E-state index in [2.05, 4.69) is 10.4 Å². The van der Waals surface area contributed by atoms with Crippen molar-refractivity contribution in [2.45, 2.75) is 12.3 Å². The first kappa shape index (κ1) is 12.4. The van der Waals surface area contributed by atoms with E-state index in [1.54, 1.807) is 24.0 Å². The Morgan fingerprint density at radius 1 is 1.45 bits per heavy atom. The molecule has 102 valence electrons. The van der Waals surface area contributed by atoms with E-state index in [9.17, 15) is 9.59 Å². The van der Waals surface area contributed by atoms with Crippen LogP contribution in [0.5, 0.6) is 5.75 Å². The van der Waals surface area contributed by atoms with Gasteiger partial charge in [-0.3, -0.25) is 14.3 Å². The van der Waals surface area contributed by atoms with Crippen LogP contribution in [0.3, 0.4) is 0 Å². The number of benzene rings is 1. The van der Waals surface area contributed by atoms with Gasteiger partial charge in [-0.2, -0.15) is 5.10 Å². The second-order valence-corrected chi connectivity index (χ2v) is 4.66.